The van der Waals surface area contributed by atoms with Crippen LogP contribution in [0.5, 0.6) is 11.5 Å². The highest BCUT2D eigenvalue weighted by Crippen LogP contribution is 2.66. The molecule has 1 aromatic heterocycles. The second kappa shape index (κ2) is 14.1. The standard InChI is InChI=1S/C40H29Br2Cl2F3N4O6/c1-49(34-26(44)13-14-28(48-34)40(45,46)47)51-35(53)22-12-11-21-23(29(22)37(51)55)16-25-36(54)50(20-10-6-9-19(43)15-20)38(56)39(25,18-7-4-3-5-8-18)30(21)24-17-27(57-2)33(52)32(42)31(24)41/h3-11,13-15,17,22-23,25,29-30,52H,12,16H2,1-2H3/t22-,23+,25-,29-,30+,39+/m0/s1. The fourth-order valence-electron chi connectivity index (χ4n) is 9.26. The molecule has 0 radical (unpaired) electrons. The Morgan fingerprint density at radius 3 is 2.32 bits per heavy atom. The van der Waals surface area contributed by atoms with Gasteiger partial charge >= 0.3 is 6.18 Å². The number of pyridine rings is 1. The van der Waals surface area contributed by atoms with E-state index in [-0.39, 0.29) is 44.5 Å². The van der Waals surface area contributed by atoms with Crippen molar-refractivity contribution >= 4 is 90.2 Å². The predicted molar refractivity (Wildman–Crippen MR) is 211 cm³/mol. The lowest BCUT2D eigenvalue weighted by Crippen LogP contribution is -2.53. The van der Waals surface area contributed by atoms with Gasteiger partial charge in [0.25, 0.3) is 11.8 Å². The van der Waals surface area contributed by atoms with Crippen molar-refractivity contribution in [1.82, 2.24) is 9.99 Å². The Morgan fingerprint density at radius 2 is 1.65 bits per heavy atom. The first-order chi connectivity index (χ1) is 27.0. The Hall–Kier alpha value is -4.44. The summed E-state index contributed by atoms with van der Waals surface area (Å²) in [5, 5.41) is 12.8. The average Bonchev–Trinajstić information content (AvgIpc) is 3.57. The normalized spacial score (nSPS) is 25.6. The molecule has 1 N–H and O–H groups in total. The molecule has 0 bridgehead atoms. The minimum Gasteiger partial charge on any atom is -0.503 e. The number of allylic oxidation sites excluding steroid dienone is 2. The number of nitrogens with zero attached hydrogens (tertiary/aromatic N) is 4. The summed E-state index contributed by atoms with van der Waals surface area (Å²) in [7, 11) is 2.60. The molecule has 17 heteroatoms. The van der Waals surface area contributed by atoms with Gasteiger partial charge in [-0.3, -0.25) is 24.2 Å². The zero-order chi connectivity index (χ0) is 40.9. The van der Waals surface area contributed by atoms with Gasteiger partial charge in [-0.1, -0.05) is 71.2 Å². The Morgan fingerprint density at radius 1 is 0.930 bits per heavy atom. The number of alkyl halides is 3. The number of rotatable bonds is 6. The third kappa shape index (κ3) is 5.82. The van der Waals surface area contributed by atoms with Crippen LogP contribution in [0.4, 0.5) is 24.7 Å². The molecule has 3 fully saturated rings. The highest BCUT2D eigenvalue weighted by molar-refractivity contribution is 9.13. The number of fused-ring (bicyclic) bond motifs is 4. The number of hydrogen-bond donors (Lipinski definition) is 1. The largest absolute Gasteiger partial charge is 0.503 e. The van der Waals surface area contributed by atoms with E-state index in [4.69, 9.17) is 27.9 Å². The maximum atomic E-state index is 15.5. The molecule has 10 nitrogen and oxygen atoms in total. The lowest BCUT2D eigenvalue weighted by molar-refractivity contribution is -0.141. The third-order valence-electron chi connectivity index (χ3n) is 11.6. The molecule has 4 aromatic rings. The van der Waals surface area contributed by atoms with Gasteiger partial charge in [0.05, 0.1) is 45.5 Å². The van der Waals surface area contributed by atoms with Crippen LogP contribution in [-0.2, 0) is 30.8 Å². The minimum atomic E-state index is -4.83. The summed E-state index contributed by atoms with van der Waals surface area (Å²) in [6, 6.07) is 18.5. The predicted octanol–water partition coefficient (Wildman–Crippen LogP) is 8.86. The maximum Gasteiger partial charge on any atom is 0.433 e. The summed E-state index contributed by atoms with van der Waals surface area (Å²) in [4.78, 5) is 64.3. The van der Waals surface area contributed by atoms with Crippen LogP contribution in [0.2, 0.25) is 10.0 Å². The van der Waals surface area contributed by atoms with Crippen LogP contribution in [0.1, 0.15) is 35.6 Å². The fraction of sp³-hybridized carbons (Fsp3) is 0.275. The number of imide groups is 2. The number of carbonyl (C=O) groups excluding carboxylic acids is 4. The Balaban J connectivity index is 1.34. The molecule has 57 heavy (non-hydrogen) atoms. The molecule has 294 valence electrons. The lowest BCUT2D eigenvalue weighted by Gasteiger charge is -2.51. The zero-order valence-corrected chi connectivity index (χ0v) is 34.4. The summed E-state index contributed by atoms with van der Waals surface area (Å²) >= 11 is 19.8. The smallest absolute Gasteiger partial charge is 0.433 e. The molecular weight excluding hydrogens is 920 g/mol. The van der Waals surface area contributed by atoms with Gasteiger partial charge in [0.15, 0.2) is 17.3 Å². The number of halogens is 7. The Kier molecular flexibility index (Phi) is 9.77. The average molecular weight is 949 g/mol. The summed E-state index contributed by atoms with van der Waals surface area (Å²) in [6.07, 6.45) is -3.04. The summed E-state index contributed by atoms with van der Waals surface area (Å²) in [5.41, 5.74) is -1.12. The summed E-state index contributed by atoms with van der Waals surface area (Å²) < 4.78 is 47.3. The molecule has 3 heterocycles. The first-order valence-corrected chi connectivity index (χ1v) is 19.9. The Labute approximate surface area is 350 Å². The molecule has 1 saturated carbocycles. The summed E-state index contributed by atoms with van der Waals surface area (Å²) in [6.45, 7) is 0. The van der Waals surface area contributed by atoms with E-state index >= 15 is 9.59 Å². The van der Waals surface area contributed by atoms with E-state index in [0.29, 0.717) is 27.2 Å². The van der Waals surface area contributed by atoms with Crippen LogP contribution in [0.3, 0.4) is 0 Å². The van der Waals surface area contributed by atoms with E-state index in [1.54, 1.807) is 54.6 Å². The number of anilines is 2. The van der Waals surface area contributed by atoms with E-state index in [0.717, 1.165) is 21.0 Å². The first-order valence-electron chi connectivity index (χ1n) is 17.5. The number of hydrazine groups is 1. The van der Waals surface area contributed by atoms with Crippen molar-refractivity contribution in [3.63, 3.8) is 0 Å². The van der Waals surface area contributed by atoms with Crippen molar-refractivity contribution in [1.29, 1.82) is 0 Å². The number of phenolic OH excluding ortho intramolecular Hbond substituents is 1. The minimum absolute atomic E-state index is 0.0232. The number of carbonyl (C=O) groups is 4. The Bertz CT molecular complexity index is 2440. The molecule has 3 aromatic carbocycles. The van der Waals surface area contributed by atoms with Gasteiger partial charge in [-0.15, -0.1) is 0 Å². The fourth-order valence-corrected chi connectivity index (χ4v) is 10.6. The molecule has 4 amide bonds. The van der Waals surface area contributed by atoms with Crippen molar-refractivity contribution in [2.45, 2.75) is 30.4 Å². The zero-order valence-electron chi connectivity index (χ0n) is 29.7. The van der Waals surface area contributed by atoms with Gasteiger partial charge in [0.2, 0.25) is 11.8 Å². The first kappa shape index (κ1) is 39.4. The molecular formula is C40H29Br2Cl2F3N4O6. The van der Waals surface area contributed by atoms with Crippen LogP contribution >= 0.6 is 55.1 Å². The number of aromatic nitrogens is 1. The molecule has 2 aliphatic carbocycles. The summed E-state index contributed by atoms with van der Waals surface area (Å²) in [5.74, 6) is -8.13. The van der Waals surface area contributed by atoms with Crippen molar-refractivity contribution in [3.8, 4) is 11.5 Å². The van der Waals surface area contributed by atoms with Gasteiger partial charge in [0, 0.05) is 22.5 Å². The van der Waals surface area contributed by atoms with Crippen LogP contribution in [0.25, 0.3) is 0 Å². The van der Waals surface area contributed by atoms with Crippen molar-refractivity contribution < 1.29 is 42.2 Å². The number of benzene rings is 3. The number of hydrogen-bond acceptors (Lipinski definition) is 8. The molecule has 4 aliphatic rings. The lowest BCUT2D eigenvalue weighted by atomic mass is 9.49. The topological polar surface area (TPSA) is 120 Å². The molecule has 2 aliphatic heterocycles. The number of aromatic hydroxyl groups is 1. The molecule has 0 unspecified atom stereocenters. The monoisotopic (exact) mass is 946 g/mol. The second-order valence-corrected chi connectivity index (χ2v) is 16.7. The quantitative estimate of drug-likeness (QED) is 0.151. The van der Waals surface area contributed by atoms with Crippen LogP contribution in [0.15, 0.2) is 93.4 Å². The number of methoxy groups -OCH3 is 1. The van der Waals surface area contributed by atoms with E-state index in [9.17, 15) is 27.9 Å². The number of ether oxygens (including phenoxy) is 1. The highest BCUT2D eigenvalue weighted by Gasteiger charge is 2.70. The van der Waals surface area contributed by atoms with Crippen LogP contribution in [-0.4, -0.2) is 52.9 Å². The van der Waals surface area contributed by atoms with Crippen LogP contribution < -0.4 is 14.6 Å². The van der Waals surface area contributed by atoms with E-state index in [2.05, 4.69) is 36.8 Å². The SMILES string of the molecule is COc1cc([C@H]2C3=CC[C@@H]4C(=O)N(N(C)c5nc(C(F)(F)F)ccc5Cl)C(=O)[C@@H]4[C@@H]3C[C@H]3C(=O)N(c4cccc(Cl)c4)C(=O)[C@@]23c2ccccc2)c(Br)c(Br)c1O. The molecule has 2 saturated heterocycles. The third-order valence-corrected chi connectivity index (χ3v) is 14.3. The number of amides is 4. The number of phenols is 1. The van der Waals surface area contributed by atoms with Gasteiger partial charge < -0.3 is 9.84 Å². The van der Waals surface area contributed by atoms with E-state index < -0.39 is 76.3 Å². The van der Waals surface area contributed by atoms with E-state index in [1.807, 2.05) is 6.08 Å². The highest BCUT2D eigenvalue weighted by atomic mass is 79.9. The van der Waals surface area contributed by atoms with Gasteiger partial charge in [-0.25, -0.2) is 9.88 Å². The van der Waals surface area contributed by atoms with Gasteiger partial charge in [0.1, 0.15) is 5.69 Å². The van der Waals surface area contributed by atoms with Gasteiger partial charge in [-0.05, 0) is 98.1 Å². The van der Waals surface area contributed by atoms with Gasteiger partial charge in [-0.2, -0.15) is 18.2 Å². The van der Waals surface area contributed by atoms with Crippen molar-refractivity contribution in [2.24, 2.45) is 23.7 Å². The molecule has 8 rings (SSSR count). The molecule has 6 atom stereocenters. The second-order valence-electron chi connectivity index (χ2n) is 14.2. The van der Waals surface area contributed by atoms with Crippen molar-refractivity contribution in [2.75, 3.05) is 24.1 Å². The maximum absolute atomic E-state index is 15.5. The molecule has 0 spiro atoms. The van der Waals surface area contributed by atoms with E-state index in [1.165, 1.54) is 20.2 Å². The van der Waals surface area contributed by atoms with Crippen LogP contribution in [0, 0.1) is 23.7 Å². The van der Waals surface area contributed by atoms with Crippen molar-refractivity contribution in [3.05, 3.63) is 120 Å².